The fraction of sp³-hybridized carbons (Fsp3) is 0.769. The number of hydrogen-bond acceptors (Lipinski definition) is 4. The Morgan fingerprint density at radius 1 is 1.44 bits per heavy atom. The van der Waals surface area contributed by atoms with Gasteiger partial charge in [-0.3, -0.25) is 0 Å². The molecular formula is C13H24N2O3. The first kappa shape index (κ1) is 14.7. The third-order valence-corrected chi connectivity index (χ3v) is 2.96. The fourth-order valence-corrected chi connectivity index (χ4v) is 2.01. The highest BCUT2D eigenvalue weighted by molar-refractivity contribution is 5.68. The number of allylic oxidation sites excluding steroid dienone is 1. The SMILES string of the molecule is CC(C)(C)OC(=O)N1CCC(C/C(O)=C/N)CC1. The second-order valence-electron chi connectivity index (χ2n) is 5.77. The number of piperidine rings is 1. The van der Waals surface area contributed by atoms with E-state index in [1.165, 1.54) is 6.20 Å². The van der Waals surface area contributed by atoms with Crippen molar-refractivity contribution >= 4 is 6.09 Å². The first-order valence-electron chi connectivity index (χ1n) is 6.39. The van der Waals surface area contributed by atoms with Gasteiger partial charge < -0.3 is 20.5 Å². The minimum absolute atomic E-state index is 0.228. The van der Waals surface area contributed by atoms with Gasteiger partial charge in [0, 0.05) is 25.7 Å². The number of nitrogens with zero attached hydrogens (tertiary/aromatic N) is 1. The van der Waals surface area contributed by atoms with Gasteiger partial charge in [0.15, 0.2) is 0 Å². The predicted octanol–water partition coefficient (Wildman–Crippen LogP) is 2.38. The van der Waals surface area contributed by atoms with Crippen molar-refractivity contribution in [3.8, 4) is 0 Å². The van der Waals surface area contributed by atoms with E-state index in [0.29, 0.717) is 25.4 Å². The van der Waals surface area contributed by atoms with Crippen LogP contribution in [0.15, 0.2) is 12.0 Å². The summed E-state index contributed by atoms with van der Waals surface area (Å²) in [4.78, 5) is 13.5. The Morgan fingerprint density at radius 3 is 2.44 bits per heavy atom. The van der Waals surface area contributed by atoms with Gasteiger partial charge in [-0.2, -0.15) is 0 Å². The summed E-state index contributed by atoms with van der Waals surface area (Å²) in [5.74, 6) is 0.620. The Balaban J connectivity index is 2.37. The van der Waals surface area contributed by atoms with Crippen molar-refractivity contribution in [3.63, 3.8) is 0 Å². The Kier molecular flexibility index (Phi) is 4.87. The Hall–Kier alpha value is -1.39. The minimum atomic E-state index is -0.450. The van der Waals surface area contributed by atoms with Crippen LogP contribution in [0, 0.1) is 5.92 Å². The number of ether oxygens (including phenoxy) is 1. The zero-order valence-corrected chi connectivity index (χ0v) is 11.5. The molecule has 0 aliphatic carbocycles. The third-order valence-electron chi connectivity index (χ3n) is 2.96. The third kappa shape index (κ3) is 4.85. The molecule has 1 saturated heterocycles. The maximum absolute atomic E-state index is 11.8. The van der Waals surface area contributed by atoms with E-state index in [1.54, 1.807) is 4.90 Å². The number of amides is 1. The molecule has 0 aromatic rings. The molecule has 5 heteroatoms. The molecule has 0 unspecified atom stereocenters. The summed E-state index contributed by atoms with van der Waals surface area (Å²) < 4.78 is 5.32. The summed E-state index contributed by atoms with van der Waals surface area (Å²) in [6.07, 6.45) is 3.33. The maximum Gasteiger partial charge on any atom is 0.410 e. The highest BCUT2D eigenvalue weighted by Crippen LogP contribution is 2.24. The number of carbonyl (C=O) groups excluding carboxylic acids is 1. The van der Waals surface area contributed by atoms with Crippen LogP contribution in [0.5, 0.6) is 0 Å². The largest absolute Gasteiger partial charge is 0.511 e. The van der Waals surface area contributed by atoms with E-state index < -0.39 is 5.60 Å². The second-order valence-corrected chi connectivity index (χ2v) is 5.77. The van der Waals surface area contributed by atoms with Crippen LogP contribution in [-0.2, 0) is 4.74 Å². The summed E-state index contributed by atoms with van der Waals surface area (Å²) in [5.41, 5.74) is 4.79. The molecule has 3 N–H and O–H groups in total. The van der Waals surface area contributed by atoms with Crippen LogP contribution in [0.3, 0.4) is 0 Å². The van der Waals surface area contributed by atoms with Crippen LogP contribution in [-0.4, -0.2) is 34.8 Å². The maximum atomic E-state index is 11.8. The number of aliphatic hydroxyl groups is 1. The van der Waals surface area contributed by atoms with E-state index in [0.717, 1.165) is 12.8 Å². The predicted molar refractivity (Wildman–Crippen MR) is 70.0 cm³/mol. The summed E-state index contributed by atoms with van der Waals surface area (Å²) in [7, 11) is 0. The van der Waals surface area contributed by atoms with Gasteiger partial charge >= 0.3 is 6.09 Å². The summed E-state index contributed by atoms with van der Waals surface area (Å²) in [5, 5.41) is 9.37. The highest BCUT2D eigenvalue weighted by Gasteiger charge is 2.27. The number of rotatable bonds is 2. The first-order valence-corrected chi connectivity index (χ1v) is 6.39. The lowest BCUT2D eigenvalue weighted by molar-refractivity contribution is 0.0181. The molecule has 5 nitrogen and oxygen atoms in total. The number of nitrogens with two attached hydrogens (primary N) is 1. The molecule has 1 heterocycles. The highest BCUT2D eigenvalue weighted by atomic mass is 16.6. The quantitative estimate of drug-likeness (QED) is 0.744. The van der Waals surface area contributed by atoms with Crippen LogP contribution < -0.4 is 5.73 Å². The van der Waals surface area contributed by atoms with Crippen molar-refractivity contribution < 1.29 is 14.6 Å². The lowest BCUT2D eigenvalue weighted by atomic mass is 9.93. The standard InChI is InChI=1S/C13H24N2O3/c1-13(2,3)18-12(17)15-6-4-10(5-7-15)8-11(16)9-14/h9-10,16H,4-8,14H2,1-3H3/b11-9-. The number of carbonyl (C=O) groups is 1. The van der Waals surface area contributed by atoms with Crippen LogP contribution in [0.25, 0.3) is 0 Å². The van der Waals surface area contributed by atoms with Gasteiger partial charge in [-0.05, 0) is 39.5 Å². The minimum Gasteiger partial charge on any atom is -0.511 e. The van der Waals surface area contributed by atoms with Crippen molar-refractivity contribution in [2.45, 2.75) is 45.6 Å². The molecule has 18 heavy (non-hydrogen) atoms. The Morgan fingerprint density at radius 2 is 2.00 bits per heavy atom. The second kappa shape index (κ2) is 5.98. The lowest BCUT2D eigenvalue weighted by Crippen LogP contribution is -2.41. The molecular weight excluding hydrogens is 232 g/mol. The number of hydrogen-bond donors (Lipinski definition) is 2. The van der Waals surface area contributed by atoms with Crippen molar-refractivity contribution in [2.24, 2.45) is 11.7 Å². The Labute approximate surface area is 109 Å². The van der Waals surface area contributed by atoms with Gasteiger partial charge in [0.25, 0.3) is 0 Å². The van der Waals surface area contributed by atoms with Gasteiger partial charge in [0.05, 0.1) is 0 Å². The molecule has 104 valence electrons. The van der Waals surface area contributed by atoms with Crippen LogP contribution in [0.1, 0.15) is 40.0 Å². The van der Waals surface area contributed by atoms with Crippen molar-refractivity contribution in [3.05, 3.63) is 12.0 Å². The fourth-order valence-electron chi connectivity index (χ4n) is 2.01. The molecule has 1 amide bonds. The molecule has 1 aliphatic rings. The number of aliphatic hydroxyl groups excluding tert-OH is 1. The van der Waals surface area contributed by atoms with Crippen LogP contribution >= 0.6 is 0 Å². The average Bonchev–Trinajstić information content (AvgIpc) is 2.27. The van der Waals surface area contributed by atoms with Gasteiger partial charge in [-0.1, -0.05) is 0 Å². The zero-order chi connectivity index (χ0) is 13.8. The first-order chi connectivity index (χ1) is 8.31. The van der Waals surface area contributed by atoms with E-state index >= 15 is 0 Å². The van der Waals surface area contributed by atoms with Gasteiger partial charge in [-0.15, -0.1) is 0 Å². The molecule has 1 fully saturated rings. The molecule has 1 rings (SSSR count). The summed E-state index contributed by atoms with van der Waals surface area (Å²) >= 11 is 0. The molecule has 0 atom stereocenters. The molecule has 0 aromatic heterocycles. The zero-order valence-electron chi connectivity index (χ0n) is 11.5. The monoisotopic (exact) mass is 256 g/mol. The van der Waals surface area contributed by atoms with Gasteiger partial charge in [0.1, 0.15) is 11.4 Å². The van der Waals surface area contributed by atoms with Gasteiger partial charge in [0.2, 0.25) is 0 Å². The topological polar surface area (TPSA) is 75.8 Å². The van der Waals surface area contributed by atoms with E-state index in [-0.39, 0.29) is 11.9 Å². The molecule has 0 saturated carbocycles. The van der Waals surface area contributed by atoms with Gasteiger partial charge in [-0.25, -0.2) is 4.79 Å². The molecule has 0 aromatic carbocycles. The lowest BCUT2D eigenvalue weighted by Gasteiger charge is -2.33. The molecule has 0 spiro atoms. The normalized spacial score (nSPS) is 18.8. The Bertz CT molecular complexity index is 313. The van der Waals surface area contributed by atoms with Crippen LogP contribution in [0.2, 0.25) is 0 Å². The molecule has 0 radical (unpaired) electrons. The van der Waals surface area contributed by atoms with Crippen molar-refractivity contribution in [2.75, 3.05) is 13.1 Å². The van der Waals surface area contributed by atoms with E-state index in [2.05, 4.69) is 0 Å². The van der Waals surface area contributed by atoms with Crippen molar-refractivity contribution in [1.82, 2.24) is 4.90 Å². The summed E-state index contributed by atoms with van der Waals surface area (Å²) in [6.45, 7) is 6.94. The van der Waals surface area contributed by atoms with E-state index in [1.807, 2.05) is 20.8 Å². The van der Waals surface area contributed by atoms with Crippen molar-refractivity contribution in [1.29, 1.82) is 0 Å². The molecule has 0 bridgehead atoms. The van der Waals surface area contributed by atoms with Crippen LogP contribution in [0.4, 0.5) is 4.79 Å². The van der Waals surface area contributed by atoms with E-state index in [9.17, 15) is 9.90 Å². The average molecular weight is 256 g/mol. The number of likely N-dealkylation sites (tertiary alicyclic amines) is 1. The smallest absolute Gasteiger partial charge is 0.410 e. The van der Waals surface area contributed by atoms with E-state index in [4.69, 9.17) is 10.5 Å². The summed E-state index contributed by atoms with van der Waals surface area (Å²) in [6, 6.07) is 0. The molecule has 1 aliphatic heterocycles.